The summed E-state index contributed by atoms with van der Waals surface area (Å²) in [5, 5.41) is 8.65. The molecule has 0 aliphatic rings. The maximum absolute atomic E-state index is 10.4. The molecule has 0 saturated heterocycles. The highest BCUT2D eigenvalue weighted by molar-refractivity contribution is 7.79. The van der Waals surface area contributed by atoms with Gasteiger partial charge in [-0.15, -0.1) is 0 Å². The third-order valence-corrected chi connectivity index (χ3v) is 3.26. The van der Waals surface area contributed by atoms with Crippen LogP contribution in [-0.4, -0.2) is 14.5 Å². The molecule has 1 rings (SSSR count). The van der Waals surface area contributed by atoms with Crippen LogP contribution in [-0.2, 0) is 17.5 Å². The second-order valence-electron chi connectivity index (χ2n) is 4.00. The summed E-state index contributed by atoms with van der Waals surface area (Å²) in [6.45, 7) is 0. The van der Waals surface area contributed by atoms with E-state index in [0.717, 1.165) is 32.1 Å². The van der Waals surface area contributed by atoms with Crippen molar-refractivity contribution in [2.24, 2.45) is 0 Å². The van der Waals surface area contributed by atoms with Crippen LogP contribution in [0.4, 0.5) is 0 Å². The first-order valence-electron chi connectivity index (χ1n) is 5.79. The molecule has 1 atom stereocenters. The Bertz CT molecular complexity index is 395. The van der Waals surface area contributed by atoms with E-state index >= 15 is 0 Å². The first kappa shape index (κ1) is 13.9. The van der Waals surface area contributed by atoms with Crippen LogP contribution in [0.5, 0.6) is 0 Å². The zero-order chi connectivity index (χ0) is 12.5. The summed E-state index contributed by atoms with van der Waals surface area (Å²) in [4.78, 5) is 0. The molecular weight excluding hydrogens is 234 g/mol. The monoisotopic (exact) mass is 251 g/mol. The van der Waals surface area contributed by atoms with Gasteiger partial charge in [0.15, 0.2) is 11.1 Å². The van der Waals surface area contributed by atoms with Crippen molar-refractivity contribution in [3.63, 3.8) is 0 Å². The largest absolute Gasteiger partial charge is 0.306 e. The summed E-state index contributed by atoms with van der Waals surface area (Å²) in [6.07, 6.45) is 4.99. The topological polar surface area (TPSA) is 61.1 Å². The smallest absolute Gasteiger partial charge is 0.152 e. The van der Waals surface area contributed by atoms with Gasteiger partial charge < -0.3 is 4.55 Å². The molecule has 17 heavy (non-hydrogen) atoms. The summed E-state index contributed by atoms with van der Waals surface area (Å²) >= 11 is -1.64. The van der Waals surface area contributed by atoms with Crippen LogP contribution in [0.3, 0.4) is 0 Å². The zero-order valence-electron chi connectivity index (χ0n) is 9.76. The molecule has 0 heterocycles. The number of nitriles is 1. The fraction of sp³-hybridized carbons (Fsp3) is 0.462. The average Bonchev–Trinajstić information content (AvgIpc) is 2.34. The molecule has 92 valence electrons. The van der Waals surface area contributed by atoms with Gasteiger partial charge >= 0.3 is 0 Å². The van der Waals surface area contributed by atoms with E-state index in [1.165, 1.54) is 5.56 Å². The average molecular weight is 251 g/mol. The number of hydrogen-bond donors (Lipinski definition) is 1. The first-order chi connectivity index (χ1) is 8.22. The predicted octanol–water partition coefficient (Wildman–Crippen LogP) is 2.88. The molecule has 1 aromatic carbocycles. The van der Waals surface area contributed by atoms with Gasteiger partial charge in [0.2, 0.25) is 0 Å². The highest BCUT2D eigenvalue weighted by atomic mass is 32.2. The minimum Gasteiger partial charge on any atom is -0.306 e. The Kier molecular flexibility index (Phi) is 6.53. The van der Waals surface area contributed by atoms with Crippen LogP contribution in [0, 0.1) is 11.3 Å². The van der Waals surface area contributed by atoms with E-state index in [1.54, 1.807) is 0 Å². The summed E-state index contributed by atoms with van der Waals surface area (Å²) in [6, 6.07) is 9.75. The van der Waals surface area contributed by atoms with Crippen molar-refractivity contribution >= 4 is 11.1 Å². The zero-order valence-corrected chi connectivity index (χ0v) is 10.6. The molecule has 1 N–H and O–H groups in total. The number of rotatable bonds is 7. The minimum atomic E-state index is -1.64. The lowest BCUT2D eigenvalue weighted by atomic mass is 10.1. The van der Waals surface area contributed by atoms with Crippen LogP contribution in [0.2, 0.25) is 0 Å². The van der Waals surface area contributed by atoms with E-state index in [4.69, 9.17) is 9.81 Å². The van der Waals surface area contributed by atoms with Gasteiger partial charge in [0.05, 0.1) is 11.6 Å². The Balaban J connectivity index is 2.14. The fourth-order valence-corrected chi connectivity index (χ4v) is 2.11. The van der Waals surface area contributed by atoms with Gasteiger partial charge in [0.25, 0.3) is 0 Å². The fourth-order valence-electron chi connectivity index (χ4n) is 1.65. The first-order valence-corrected chi connectivity index (χ1v) is 7.06. The van der Waals surface area contributed by atoms with Crippen molar-refractivity contribution in [1.82, 2.24) is 0 Å². The highest BCUT2D eigenvalue weighted by Gasteiger charge is 1.96. The number of aryl methyl sites for hydroxylation is 1. The SMILES string of the molecule is N#Cc1ccc(CCCCCCS(=O)O)cc1. The second kappa shape index (κ2) is 7.99. The number of unbranched alkanes of at least 4 members (excludes halogenated alkanes) is 3. The molecule has 0 aliphatic carbocycles. The number of hydrogen-bond acceptors (Lipinski definition) is 2. The third kappa shape index (κ3) is 6.20. The number of nitrogens with zero attached hydrogens (tertiary/aromatic N) is 1. The van der Waals surface area contributed by atoms with Crippen molar-refractivity contribution in [3.05, 3.63) is 35.4 Å². The normalized spacial score (nSPS) is 12.0. The lowest BCUT2D eigenvalue weighted by molar-refractivity contribution is 0.557. The van der Waals surface area contributed by atoms with Crippen LogP contribution in [0.1, 0.15) is 36.8 Å². The van der Waals surface area contributed by atoms with E-state index < -0.39 is 11.1 Å². The van der Waals surface area contributed by atoms with Gasteiger partial charge in [-0.05, 0) is 37.0 Å². The molecule has 3 nitrogen and oxygen atoms in total. The molecule has 0 bridgehead atoms. The molecule has 0 amide bonds. The lowest BCUT2D eigenvalue weighted by Crippen LogP contribution is -1.94. The highest BCUT2D eigenvalue weighted by Crippen LogP contribution is 2.09. The van der Waals surface area contributed by atoms with E-state index in [0.29, 0.717) is 11.3 Å². The minimum absolute atomic E-state index is 0.386. The van der Waals surface area contributed by atoms with Gasteiger partial charge in [-0.3, -0.25) is 0 Å². The molecule has 0 saturated carbocycles. The molecular formula is C13H17NO2S. The third-order valence-electron chi connectivity index (χ3n) is 2.62. The van der Waals surface area contributed by atoms with Gasteiger partial charge in [-0.2, -0.15) is 5.26 Å². The molecule has 0 aliphatic heterocycles. The second-order valence-corrected chi connectivity index (χ2v) is 5.05. The molecule has 0 radical (unpaired) electrons. The summed E-state index contributed by atoms with van der Waals surface area (Å²) in [7, 11) is 0. The molecule has 1 unspecified atom stereocenters. The van der Waals surface area contributed by atoms with Crippen molar-refractivity contribution in [1.29, 1.82) is 5.26 Å². The van der Waals surface area contributed by atoms with Crippen LogP contribution >= 0.6 is 0 Å². The quantitative estimate of drug-likeness (QED) is 0.598. The van der Waals surface area contributed by atoms with E-state index in [2.05, 4.69) is 6.07 Å². The summed E-state index contributed by atoms with van der Waals surface area (Å²) in [5.41, 5.74) is 1.94. The van der Waals surface area contributed by atoms with Gasteiger partial charge in [0, 0.05) is 5.75 Å². The van der Waals surface area contributed by atoms with Gasteiger partial charge in [-0.1, -0.05) is 25.0 Å². The Labute approximate surface area is 105 Å². The van der Waals surface area contributed by atoms with Gasteiger partial charge in [0.1, 0.15) is 0 Å². The molecule has 4 heteroatoms. The molecule has 1 aromatic rings. The Morgan fingerprint density at radius 3 is 2.35 bits per heavy atom. The van der Waals surface area contributed by atoms with Crippen molar-refractivity contribution in [3.8, 4) is 6.07 Å². The van der Waals surface area contributed by atoms with E-state index in [9.17, 15) is 4.21 Å². The standard InChI is InChI=1S/C13H17NO2S/c14-11-13-8-6-12(7-9-13)5-3-1-2-4-10-17(15)16/h6-9H,1-5,10H2,(H,15,16). The van der Waals surface area contributed by atoms with Crippen LogP contribution in [0.15, 0.2) is 24.3 Å². The Morgan fingerprint density at radius 2 is 1.76 bits per heavy atom. The van der Waals surface area contributed by atoms with Crippen molar-refractivity contribution < 1.29 is 8.76 Å². The van der Waals surface area contributed by atoms with Crippen molar-refractivity contribution in [2.45, 2.75) is 32.1 Å². The molecule has 0 spiro atoms. The van der Waals surface area contributed by atoms with E-state index in [-0.39, 0.29) is 0 Å². The van der Waals surface area contributed by atoms with Gasteiger partial charge in [-0.25, -0.2) is 4.21 Å². The Hall–Kier alpha value is -1.18. The summed E-state index contributed by atoms with van der Waals surface area (Å²) < 4.78 is 19.0. The van der Waals surface area contributed by atoms with Crippen molar-refractivity contribution in [2.75, 3.05) is 5.75 Å². The maximum atomic E-state index is 10.4. The maximum Gasteiger partial charge on any atom is 0.152 e. The predicted molar refractivity (Wildman–Crippen MR) is 69.0 cm³/mol. The summed E-state index contributed by atoms with van der Waals surface area (Å²) in [5.74, 6) is 0.386. The van der Waals surface area contributed by atoms with Crippen LogP contribution < -0.4 is 0 Å². The van der Waals surface area contributed by atoms with Crippen LogP contribution in [0.25, 0.3) is 0 Å². The lowest BCUT2D eigenvalue weighted by Gasteiger charge is -2.01. The Morgan fingerprint density at radius 1 is 1.12 bits per heavy atom. The molecule has 0 aromatic heterocycles. The molecule has 0 fully saturated rings. The van der Waals surface area contributed by atoms with E-state index in [1.807, 2.05) is 24.3 Å². The number of benzene rings is 1.